The van der Waals surface area contributed by atoms with E-state index in [1.54, 1.807) is 0 Å². The summed E-state index contributed by atoms with van der Waals surface area (Å²) in [6.45, 7) is 2.01. The van der Waals surface area contributed by atoms with Gasteiger partial charge >= 0.3 is 0 Å². The number of aromatic nitrogens is 1. The Kier molecular flexibility index (Phi) is 6.26. The maximum atomic E-state index is 6.11. The second-order valence-corrected chi connectivity index (χ2v) is 9.88. The monoisotopic (exact) mass is 419 g/mol. The van der Waals surface area contributed by atoms with Gasteiger partial charge in [-0.3, -0.25) is 9.88 Å². The van der Waals surface area contributed by atoms with Gasteiger partial charge in [0.2, 0.25) is 0 Å². The lowest BCUT2D eigenvalue weighted by Gasteiger charge is -2.37. The first-order chi connectivity index (χ1) is 15.2. The fraction of sp³-hybridized carbons (Fsp3) is 0.577. The Morgan fingerprint density at radius 1 is 1.10 bits per heavy atom. The highest BCUT2D eigenvalue weighted by molar-refractivity contribution is 5.56. The van der Waals surface area contributed by atoms with E-state index in [0.717, 1.165) is 32.4 Å². The van der Waals surface area contributed by atoms with E-state index in [1.807, 2.05) is 6.20 Å². The van der Waals surface area contributed by atoms with Gasteiger partial charge in [0.15, 0.2) is 0 Å². The molecule has 3 aliphatic rings. The molecule has 0 bridgehead atoms. The van der Waals surface area contributed by atoms with Crippen molar-refractivity contribution in [3.8, 4) is 0 Å². The summed E-state index contributed by atoms with van der Waals surface area (Å²) >= 11 is 0. The van der Waals surface area contributed by atoms with Crippen molar-refractivity contribution in [3.05, 3.63) is 58.9 Å². The maximum Gasteiger partial charge on any atom is 0.0607 e. The lowest BCUT2D eigenvalue weighted by molar-refractivity contribution is 0.191. The fourth-order valence-electron chi connectivity index (χ4n) is 5.85. The molecule has 0 saturated heterocycles. The number of aryl methyl sites for hydroxylation is 1. The zero-order valence-electron chi connectivity index (χ0n) is 18.8. The molecule has 1 aromatic heterocycles. The van der Waals surface area contributed by atoms with Crippen molar-refractivity contribution in [2.24, 2.45) is 5.73 Å². The number of anilines is 1. The minimum Gasteiger partial charge on any atom is -0.382 e. The Morgan fingerprint density at radius 3 is 2.81 bits per heavy atom. The zero-order valence-corrected chi connectivity index (χ0v) is 18.8. The molecule has 0 amide bonds. The summed E-state index contributed by atoms with van der Waals surface area (Å²) in [5.41, 5.74) is 13.1. The smallest absolute Gasteiger partial charge is 0.0607 e. The van der Waals surface area contributed by atoms with Gasteiger partial charge in [0.05, 0.1) is 11.7 Å². The van der Waals surface area contributed by atoms with Crippen molar-refractivity contribution in [1.82, 2.24) is 15.2 Å². The standard InChI is InChI=1S/C26H37N5/c1-31(25-9-3-5-18-7-4-14-28-26(18)25)17-22-15-23-19(16-29-22)6-2-8-24(23)30-21-12-10-20(27)11-13-21/h2,4,6-8,14,20-22,25,29-30H,3,5,9-13,15-17,27H2,1H3/t20?,21?,22-,25+/m1/s1. The summed E-state index contributed by atoms with van der Waals surface area (Å²) in [6.07, 6.45) is 11.3. The predicted octanol–water partition coefficient (Wildman–Crippen LogP) is 3.79. The Morgan fingerprint density at radius 2 is 1.94 bits per heavy atom. The van der Waals surface area contributed by atoms with Crippen LogP contribution in [0.3, 0.4) is 0 Å². The summed E-state index contributed by atoms with van der Waals surface area (Å²) in [5, 5.41) is 7.67. The van der Waals surface area contributed by atoms with Gasteiger partial charge < -0.3 is 16.4 Å². The molecule has 1 aliphatic heterocycles. The Labute approximate surface area is 186 Å². The summed E-state index contributed by atoms with van der Waals surface area (Å²) in [6, 6.07) is 13.0. The van der Waals surface area contributed by atoms with Crippen LogP contribution in [0.4, 0.5) is 5.69 Å². The van der Waals surface area contributed by atoms with Crippen LogP contribution in [0.15, 0.2) is 36.5 Å². The maximum absolute atomic E-state index is 6.11. The fourth-order valence-corrected chi connectivity index (χ4v) is 5.85. The van der Waals surface area contributed by atoms with Crippen LogP contribution < -0.4 is 16.4 Å². The molecule has 31 heavy (non-hydrogen) atoms. The van der Waals surface area contributed by atoms with Crippen LogP contribution in [0.2, 0.25) is 0 Å². The Balaban J connectivity index is 1.26. The number of benzene rings is 1. The first kappa shape index (κ1) is 20.9. The summed E-state index contributed by atoms with van der Waals surface area (Å²) < 4.78 is 0. The normalized spacial score (nSPS) is 28.1. The van der Waals surface area contributed by atoms with E-state index in [9.17, 15) is 0 Å². The number of hydrogen-bond donors (Lipinski definition) is 3. The molecule has 5 nitrogen and oxygen atoms in total. The Hall–Kier alpha value is -1.95. The molecule has 5 heteroatoms. The highest BCUT2D eigenvalue weighted by Gasteiger charge is 2.29. The molecule has 1 fully saturated rings. The number of rotatable bonds is 5. The van der Waals surface area contributed by atoms with Gasteiger partial charge in [0.25, 0.3) is 0 Å². The van der Waals surface area contributed by atoms with E-state index >= 15 is 0 Å². The third kappa shape index (κ3) is 4.64. The number of hydrogen-bond acceptors (Lipinski definition) is 5. The molecule has 1 aromatic carbocycles. The lowest BCUT2D eigenvalue weighted by atomic mass is 9.89. The highest BCUT2D eigenvalue weighted by atomic mass is 15.2. The van der Waals surface area contributed by atoms with Crippen LogP contribution >= 0.6 is 0 Å². The zero-order chi connectivity index (χ0) is 21.2. The lowest BCUT2D eigenvalue weighted by Crippen LogP contribution is -2.45. The summed E-state index contributed by atoms with van der Waals surface area (Å²) in [5.74, 6) is 0. The van der Waals surface area contributed by atoms with E-state index < -0.39 is 0 Å². The van der Waals surface area contributed by atoms with Crippen LogP contribution in [-0.2, 0) is 19.4 Å². The molecule has 2 aromatic rings. The van der Waals surface area contributed by atoms with Crippen LogP contribution in [0.25, 0.3) is 0 Å². The molecule has 166 valence electrons. The molecular weight excluding hydrogens is 382 g/mol. The average Bonchev–Trinajstić information content (AvgIpc) is 2.80. The number of nitrogens with one attached hydrogen (secondary N) is 2. The number of likely N-dealkylation sites (N-methyl/N-ethyl adjacent to an activating group) is 1. The summed E-state index contributed by atoms with van der Waals surface area (Å²) in [4.78, 5) is 7.29. The van der Waals surface area contributed by atoms with E-state index in [0.29, 0.717) is 24.2 Å². The first-order valence-electron chi connectivity index (χ1n) is 12.2. The third-order valence-corrected chi connectivity index (χ3v) is 7.64. The van der Waals surface area contributed by atoms with Crippen molar-refractivity contribution >= 4 is 5.69 Å². The topological polar surface area (TPSA) is 66.2 Å². The average molecular weight is 420 g/mol. The second-order valence-electron chi connectivity index (χ2n) is 9.88. The van der Waals surface area contributed by atoms with Crippen LogP contribution in [0.5, 0.6) is 0 Å². The molecule has 0 unspecified atom stereocenters. The van der Waals surface area contributed by atoms with Crippen molar-refractivity contribution < 1.29 is 0 Å². The van der Waals surface area contributed by atoms with Crippen LogP contribution in [0.1, 0.15) is 67.0 Å². The molecule has 4 N–H and O–H groups in total. The molecule has 0 radical (unpaired) electrons. The van der Waals surface area contributed by atoms with Crippen molar-refractivity contribution in [3.63, 3.8) is 0 Å². The predicted molar refractivity (Wildman–Crippen MR) is 127 cm³/mol. The van der Waals surface area contributed by atoms with Gasteiger partial charge in [-0.05, 0) is 87.2 Å². The highest BCUT2D eigenvalue weighted by Crippen LogP contribution is 2.33. The number of pyridine rings is 1. The van der Waals surface area contributed by atoms with Gasteiger partial charge in [0.1, 0.15) is 0 Å². The minimum atomic E-state index is 0.395. The van der Waals surface area contributed by atoms with E-state index in [2.05, 4.69) is 52.9 Å². The van der Waals surface area contributed by atoms with Gasteiger partial charge in [0, 0.05) is 43.1 Å². The van der Waals surface area contributed by atoms with Gasteiger partial charge in [-0.15, -0.1) is 0 Å². The van der Waals surface area contributed by atoms with Gasteiger partial charge in [-0.1, -0.05) is 18.2 Å². The number of nitrogens with zero attached hydrogens (tertiary/aromatic N) is 2. The largest absolute Gasteiger partial charge is 0.382 e. The molecular formula is C26H37N5. The minimum absolute atomic E-state index is 0.395. The van der Waals surface area contributed by atoms with Crippen molar-refractivity contribution in [2.75, 3.05) is 18.9 Å². The van der Waals surface area contributed by atoms with Crippen molar-refractivity contribution in [1.29, 1.82) is 0 Å². The second kappa shape index (κ2) is 9.27. The SMILES string of the molecule is CN(C[C@H]1Cc2c(cccc2NC2CCC(N)CC2)CN1)[C@H]1CCCc2cccnc21. The molecule has 2 aliphatic carbocycles. The van der Waals surface area contributed by atoms with E-state index in [-0.39, 0.29) is 0 Å². The molecule has 0 spiro atoms. The molecule has 1 saturated carbocycles. The third-order valence-electron chi connectivity index (χ3n) is 7.64. The van der Waals surface area contributed by atoms with E-state index in [4.69, 9.17) is 10.7 Å². The quantitative estimate of drug-likeness (QED) is 0.688. The Bertz CT molecular complexity index is 889. The van der Waals surface area contributed by atoms with Crippen LogP contribution in [-0.4, -0.2) is 41.6 Å². The molecule has 5 rings (SSSR count). The molecule has 2 heterocycles. The molecule has 2 atom stereocenters. The first-order valence-corrected chi connectivity index (χ1v) is 12.2. The number of nitrogens with two attached hydrogens (primary N) is 1. The van der Waals surface area contributed by atoms with Crippen molar-refractivity contribution in [2.45, 2.75) is 82.1 Å². The number of fused-ring (bicyclic) bond motifs is 2. The van der Waals surface area contributed by atoms with Gasteiger partial charge in [-0.2, -0.15) is 0 Å². The summed E-state index contributed by atoms with van der Waals surface area (Å²) in [7, 11) is 2.28. The van der Waals surface area contributed by atoms with Gasteiger partial charge in [-0.25, -0.2) is 0 Å². The van der Waals surface area contributed by atoms with E-state index in [1.165, 1.54) is 60.2 Å². The van der Waals surface area contributed by atoms with Crippen LogP contribution in [0, 0.1) is 0 Å².